The largest absolute Gasteiger partial charge is 0.490 e. The Kier molecular flexibility index (Phi) is 3.66. The molecule has 5 nitrogen and oxygen atoms in total. The molecule has 6 heteroatoms. The number of hydrogen-bond acceptors (Lipinski definition) is 4. The van der Waals surface area contributed by atoms with Gasteiger partial charge in [-0.3, -0.25) is 0 Å². The van der Waals surface area contributed by atoms with Gasteiger partial charge in [0.25, 0.3) is 0 Å². The molecule has 1 aromatic carbocycles. The number of nitrogens with one attached hydrogen (secondary N) is 1. The number of aliphatic hydroxyl groups excluding tert-OH is 1. The van der Waals surface area contributed by atoms with Gasteiger partial charge in [-0.1, -0.05) is 0 Å². The van der Waals surface area contributed by atoms with Gasteiger partial charge in [-0.05, 0) is 19.1 Å². The van der Waals surface area contributed by atoms with E-state index in [2.05, 4.69) is 5.32 Å². The summed E-state index contributed by atoms with van der Waals surface area (Å²) in [6, 6.07) is 4.23. The van der Waals surface area contributed by atoms with Gasteiger partial charge >= 0.3 is 6.09 Å². The normalized spacial score (nSPS) is 20.2. The van der Waals surface area contributed by atoms with E-state index in [1.54, 1.807) is 6.07 Å². The first kappa shape index (κ1) is 12.6. The van der Waals surface area contributed by atoms with Gasteiger partial charge in [0, 0.05) is 11.6 Å². The molecule has 0 spiro atoms. The molecule has 2 N–H and O–H groups in total. The number of carbonyl (C=O) groups excluding carboxylic acids is 1. The summed E-state index contributed by atoms with van der Waals surface area (Å²) in [5.41, 5.74) is 0.219. The molecule has 1 heterocycles. The molecule has 1 fully saturated rings. The Morgan fingerprint density at radius 1 is 1.67 bits per heavy atom. The number of rotatable bonds is 4. The third-order valence-corrected chi connectivity index (χ3v) is 2.61. The Labute approximate surface area is 104 Å². The standard InChI is InChI=1S/C12H14FNO4/c1-7(15)10-3-2-8(4-11(10)13)17-6-9-5-14-12(16)18-9/h2-4,7,9,15H,5-6H2,1H3,(H,14,16)/t7-,9?/m1/s1. The van der Waals surface area contributed by atoms with Crippen LogP contribution in [0.3, 0.4) is 0 Å². The minimum absolute atomic E-state index is 0.159. The van der Waals surface area contributed by atoms with E-state index >= 15 is 0 Å². The maximum atomic E-state index is 13.5. The van der Waals surface area contributed by atoms with Gasteiger partial charge < -0.3 is 19.9 Å². The molecule has 1 unspecified atom stereocenters. The van der Waals surface area contributed by atoms with E-state index in [4.69, 9.17) is 9.47 Å². The molecule has 1 saturated heterocycles. The number of benzene rings is 1. The van der Waals surface area contributed by atoms with Crippen molar-refractivity contribution in [1.29, 1.82) is 0 Å². The highest BCUT2D eigenvalue weighted by Gasteiger charge is 2.23. The number of cyclic esters (lactones) is 1. The second-order valence-electron chi connectivity index (χ2n) is 4.08. The van der Waals surface area contributed by atoms with Crippen molar-refractivity contribution in [3.63, 3.8) is 0 Å². The van der Waals surface area contributed by atoms with E-state index in [0.717, 1.165) is 0 Å². The molecule has 0 saturated carbocycles. The Hall–Kier alpha value is -1.82. The summed E-state index contributed by atoms with van der Waals surface area (Å²) < 4.78 is 23.7. The van der Waals surface area contributed by atoms with Crippen molar-refractivity contribution in [2.75, 3.05) is 13.2 Å². The van der Waals surface area contributed by atoms with Crippen LogP contribution in [0.4, 0.5) is 9.18 Å². The Balaban J connectivity index is 1.94. The highest BCUT2D eigenvalue weighted by Crippen LogP contribution is 2.22. The number of ether oxygens (including phenoxy) is 2. The second-order valence-corrected chi connectivity index (χ2v) is 4.08. The topological polar surface area (TPSA) is 67.8 Å². The van der Waals surface area contributed by atoms with Crippen LogP contribution in [-0.4, -0.2) is 30.5 Å². The fourth-order valence-corrected chi connectivity index (χ4v) is 1.65. The first-order valence-electron chi connectivity index (χ1n) is 5.61. The lowest BCUT2D eigenvalue weighted by molar-refractivity contribution is 0.104. The molecule has 2 atom stereocenters. The smallest absolute Gasteiger partial charge is 0.407 e. The van der Waals surface area contributed by atoms with E-state index < -0.39 is 18.0 Å². The summed E-state index contributed by atoms with van der Waals surface area (Å²) in [4.78, 5) is 10.8. The van der Waals surface area contributed by atoms with Crippen LogP contribution >= 0.6 is 0 Å². The predicted molar refractivity (Wildman–Crippen MR) is 60.8 cm³/mol. The van der Waals surface area contributed by atoms with E-state index in [1.807, 2.05) is 0 Å². The molecule has 1 aliphatic heterocycles. The Bertz CT molecular complexity index is 450. The summed E-state index contributed by atoms with van der Waals surface area (Å²) in [7, 11) is 0. The zero-order valence-electron chi connectivity index (χ0n) is 9.85. The van der Waals surface area contributed by atoms with Crippen LogP contribution in [-0.2, 0) is 4.74 Å². The lowest BCUT2D eigenvalue weighted by Crippen LogP contribution is -2.22. The lowest BCUT2D eigenvalue weighted by Gasteiger charge is -2.12. The van der Waals surface area contributed by atoms with Crippen LogP contribution in [0.5, 0.6) is 5.75 Å². The Morgan fingerprint density at radius 3 is 3.00 bits per heavy atom. The summed E-state index contributed by atoms with van der Waals surface area (Å²) in [5, 5.41) is 11.8. The van der Waals surface area contributed by atoms with Gasteiger partial charge in [0.1, 0.15) is 18.2 Å². The number of amides is 1. The van der Waals surface area contributed by atoms with E-state index in [-0.39, 0.29) is 18.3 Å². The van der Waals surface area contributed by atoms with Gasteiger partial charge in [-0.25, -0.2) is 9.18 Å². The number of alkyl carbamates (subject to hydrolysis) is 1. The molecule has 1 aromatic rings. The fraction of sp³-hybridized carbons (Fsp3) is 0.417. The van der Waals surface area contributed by atoms with Gasteiger partial charge in [0.15, 0.2) is 6.10 Å². The van der Waals surface area contributed by atoms with Crippen LogP contribution in [0.1, 0.15) is 18.6 Å². The van der Waals surface area contributed by atoms with E-state index in [0.29, 0.717) is 12.3 Å². The average molecular weight is 255 g/mol. The van der Waals surface area contributed by atoms with Crippen molar-refractivity contribution in [2.45, 2.75) is 19.1 Å². The van der Waals surface area contributed by atoms with Crippen molar-refractivity contribution in [3.8, 4) is 5.75 Å². The number of halogens is 1. The van der Waals surface area contributed by atoms with Crippen molar-refractivity contribution >= 4 is 6.09 Å². The van der Waals surface area contributed by atoms with Crippen LogP contribution in [0.15, 0.2) is 18.2 Å². The van der Waals surface area contributed by atoms with Gasteiger partial charge in [-0.2, -0.15) is 0 Å². The van der Waals surface area contributed by atoms with Crippen molar-refractivity contribution < 1.29 is 23.8 Å². The second kappa shape index (κ2) is 5.22. The fourth-order valence-electron chi connectivity index (χ4n) is 1.65. The summed E-state index contributed by atoms with van der Waals surface area (Å²) >= 11 is 0. The molecule has 1 amide bonds. The van der Waals surface area contributed by atoms with Gasteiger partial charge in [0.05, 0.1) is 12.6 Å². The molecule has 1 aliphatic rings. The number of hydrogen-bond donors (Lipinski definition) is 2. The van der Waals surface area contributed by atoms with Crippen molar-refractivity contribution in [3.05, 3.63) is 29.6 Å². The Morgan fingerprint density at radius 2 is 2.44 bits per heavy atom. The maximum Gasteiger partial charge on any atom is 0.407 e. The molecule has 0 radical (unpaired) electrons. The zero-order valence-corrected chi connectivity index (χ0v) is 9.85. The summed E-state index contributed by atoms with van der Waals surface area (Å²) in [5.74, 6) is -0.191. The number of aliphatic hydroxyl groups is 1. The molecule has 0 aromatic heterocycles. The van der Waals surface area contributed by atoms with E-state index in [9.17, 15) is 14.3 Å². The van der Waals surface area contributed by atoms with Crippen LogP contribution in [0.2, 0.25) is 0 Å². The maximum absolute atomic E-state index is 13.5. The van der Waals surface area contributed by atoms with E-state index in [1.165, 1.54) is 19.1 Å². The molecule has 98 valence electrons. The highest BCUT2D eigenvalue weighted by molar-refractivity contribution is 5.69. The van der Waals surface area contributed by atoms with Crippen LogP contribution in [0.25, 0.3) is 0 Å². The molecule has 18 heavy (non-hydrogen) atoms. The molecule has 0 bridgehead atoms. The quantitative estimate of drug-likeness (QED) is 0.852. The summed E-state index contributed by atoms with van der Waals surface area (Å²) in [6.07, 6.45) is -1.70. The first-order valence-corrected chi connectivity index (χ1v) is 5.61. The third kappa shape index (κ3) is 2.89. The minimum atomic E-state index is -0.862. The van der Waals surface area contributed by atoms with Crippen LogP contribution in [0, 0.1) is 5.82 Å². The molecular formula is C12H14FNO4. The molecule has 2 rings (SSSR count). The average Bonchev–Trinajstić information content (AvgIpc) is 2.72. The van der Waals surface area contributed by atoms with Crippen molar-refractivity contribution in [2.24, 2.45) is 0 Å². The molecule has 0 aliphatic carbocycles. The van der Waals surface area contributed by atoms with Crippen LogP contribution < -0.4 is 10.1 Å². The zero-order chi connectivity index (χ0) is 13.1. The first-order chi connectivity index (χ1) is 8.56. The highest BCUT2D eigenvalue weighted by atomic mass is 19.1. The van der Waals surface area contributed by atoms with Gasteiger partial charge in [0.2, 0.25) is 0 Å². The third-order valence-electron chi connectivity index (χ3n) is 2.61. The SMILES string of the molecule is C[C@@H](O)c1ccc(OCC2CNC(=O)O2)cc1F. The van der Waals surface area contributed by atoms with Crippen molar-refractivity contribution in [1.82, 2.24) is 5.32 Å². The summed E-state index contributed by atoms with van der Waals surface area (Å²) in [6.45, 7) is 2.03. The lowest BCUT2D eigenvalue weighted by atomic mass is 10.1. The van der Waals surface area contributed by atoms with Gasteiger partial charge in [-0.15, -0.1) is 0 Å². The predicted octanol–water partition coefficient (Wildman–Crippen LogP) is 1.37. The molecular weight excluding hydrogens is 241 g/mol. The minimum Gasteiger partial charge on any atom is -0.490 e. The monoisotopic (exact) mass is 255 g/mol. The number of carbonyl (C=O) groups is 1.